The number of hydroxylamine groups is 2. The number of hydrogen-bond acceptors (Lipinski definition) is 5. The van der Waals surface area contributed by atoms with E-state index in [1.807, 2.05) is 0 Å². The SMILES string of the molecule is O=C1C=CC(=O)N1CCCCCC(ON1C(=O)CCC1=O)=C1CC1. The van der Waals surface area contributed by atoms with Crippen molar-refractivity contribution in [1.82, 2.24) is 9.96 Å². The Bertz CT molecular complexity index is 609. The van der Waals surface area contributed by atoms with Gasteiger partial charge in [0.2, 0.25) is 0 Å². The maximum Gasteiger partial charge on any atom is 0.263 e. The molecule has 1 saturated carbocycles. The highest BCUT2D eigenvalue weighted by Crippen LogP contribution is 2.35. The van der Waals surface area contributed by atoms with Crippen molar-refractivity contribution in [3.05, 3.63) is 23.5 Å². The minimum atomic E-state index is -0.280. The molecule has 0 aromatic rings. The van der Waals surface area contributed by atoms with Crippen LogP contribution in [0.1, 0.15) is 51.4 Å². The van der Waals surface area contributed by atoms with Crippen LogP contribution in [0.25, 0.3) is 0 Å². The molecule has 128 valence electrons. The third kappa shape index (κ3) is 3.72. The molecule has 3 rings (SSSR count). The smallest absolute Gasteiger partial charge is 0.263 e. The van der Waals surface area contributed by atoms with Crippen molar-refractivity contribution in [2.45, 2.75) is 51.4 Å². The number of amides is 4. The number of imide groups is 2. The Morgan fingerprint density at radius 3 is 2.08 bits per heavy atom. The molecule has 0 aromatic heterocycles. The molecule has 1 saturated heterocycles. The molecule has 24 heavy (non-hydrogen) atoms. The summed E-state index contributed by atoms with van der Waals surface area (Å²) in [5.41, 5.74) is 1.16. The first kappa shape index (κ1) is 16.4. The van der Waals surface area contributed by atoms with Crippen LogP contribution in [-0.4, -0.2) is 40.1 Å². The van der Waals surface area contributed by atoms with E-state index in [9.17, 15) is 19.2 Å². The number of unbranched alkanes of at least 4 members (excludes halogenated alkanes) is 2. The van der Waals surface area contributed by atoms with Crippen molar-refractivity contribution >= 4 is 23.6 Å². The fourth-order valence-corrected chi connectivity index (χ4v) is 2.78. The van der Waals surface area contributed by atoms with E-state index in [1.54, 1.807) is 0 Å². The van der Waals surface area contributed by atoms with Crippen LogP contribution in [0.2, 0.25) is 0 Å². The minimum absolute atomic E-state index is 0.216. The topological polar surface area (TPSA) is 84.0 Å². The average Bonchev–Trinajstić information content (AvgIpc) is 3.29. The summed E-state index contributed by atoms with van der Waals surface area (Å²) in [6, 6.07) is 0. The van der Waals surface area contributed by atoms with E-state index in [1.165, 1.54) is 17.1 Å². The number of carbonyl (C=O) groups is 4. The summed E-state index contributed by atoms with van der Waals surface area (Å²) in [5.74, 6) is -0.339. The molecule has 2 fully saturated rings. The summed E-state index contributed by atoms with van der Waals surface area (Å²) < 4.78 is 0. The molecular formula is C17H20N2O5. The van der Waals surface area contributed by atoms with Crippen molar-refractivity contribution in [2.75, 3.05) is 6.54 Å². The number of nitrogens with zero attached hydrogens (tertiary/aromatic N) is 2. The lowest BCUT2D eigenvalue weighted by molar-refractivity contribution is -0.177. The molecule has 0 N–H and O–H groups in total. The summed E-state index contributed by atoms with van der Waals surface area (Å²) in [4.78, 5) is 52.9. The van der Waals surface area contributed by atoms with Gasteiger partial charge in [-0.1, -0.05) is 6.42 Å². The largest absolute Gasteiger partial charge is 0.374 e. The monoisotopic (exact) mass is 332 g/mol. The Morgan fingerprint density at radius 1 is 0.875 bits per heavy atom. The van der Waals surface area contributed by atoms with E-state index in [0.717, 1.165) is 48.5 Å². The van der Waals surface area contributed by atoms with Crippen LogP contribution in [0, 0.1) is 0 Å². The summed E-state index contributed by atoms with van der Waals surface area (Å²) >= 11 is 0. The van der Waals surface area contributed by atoms with Crippen LogP contribution < -0.4 is 0 Å². The fourth-order valence-electron chi connectivity index (χ4n) is 2.78. The predicted molar refractivity (Wildman–Crippen MR) is 82.8 cm³/mol. The van der Waals surface area contributed by atoms with Crippen molar-refractivity contribution in [2.24, 2.45) is 0 Å². The molecule has 2 aliphatic heterocycles. The van der Waals surface area contributed by atoms with E-state index in [4.69, 9.17) is 4.84 Å². The van der Waals surface area contributed by atoms with Gasteiger partial charge < -0.3 is 4.84 Å². The molecule has 4 amide bonds. The zero-order valence-corrected chi connectivity index (χ0v) is 13.5. The number of carbonyl (C=O) groups excluding carboxylic acids is 4. The Hall–Kier alpha value is -2.44. The lowest BCUT2D eigenvalue weighted by Gasteiger charge is -2.17. The van der Waals surface area contributed by atoms with Crippen LogP contribution in [0.3, 0.4) is 0 Å². The van der Waals surface area contributed by atoms with Gasteiger partial charge in [0.25, 0.3) is 23.6 Å². The van der Waals surface area contributed by atoms with Crippen LogP contribution in [0.4, 0.5) is 0 Å². The summed E-state index contributed by atoms with van der Waals surface area (Å²) in [6.45, 7) is 0.417. The molecule has 7 nitrogen and oxygen atoms in total. The summed E-state index contributed by atoms with van der Waals surface area (Å²) in [5, 5.41) is 0.897. The van der Waals surface area contributed by atoms with Crippen molar-refractivity contribution in [3.63, 3.8) is 0 Å². The molecule has 1 aliphatic carbocycles. The summed E-state index contributed by atoms with van der Waals surface area (Å²) in [7, 11) is 0. The maximum absolute atomic E-state index is 11.6. The third-order valence-electron chi connectivity index (χ3n) is 4.29. The Labute approximate surface area is 139 Å². The molecule has 0 bridgehead atoms. The van der Waals surface area contributed by atoms with Gasteiger partial charge in [-0.2, -0.15) is 0 Å². The molecule has 0 aromatic carbocycles. The van der Waals surface area contributed by atoms with Gasteiger partial charge >= 0.3 is 0 Å². The minimum Gasteiger partial charge on any atom is -0.374 e. The molecule has 0 atom stereocenters. The van der Waals surface area contributed by atoms with Gasteiger partial charge in [-0.25, -0.2) is 0 Å². The van der Waals surface area contributed by atoms with Crippen LogP contribution in [-0.2, 0) is 24.0 Å². The Morgan fingerprint density at radius 2 is 1.50 bits per heavy atom. The molecule has 7 heteroatoms. The second-order valence-electron chi connectivity index (χ2n) is 6.17. The maximum atomic E-state index is 11.6. The van der Waals surface area contributed by atoms with Gasteiger partial charge in [-0.15, -0.1) is 5.06 Å². The first-order chi connectivity index (χ1) is 11.6. The van der Waals surface area contributed by atoms with E-state index >= 15 is 0 Å². The van der Waals surface area contributed by atoms with Gasteiger partial charge in [-0.3, -0.25) is 24.1 Å². The molecule has 0 radical (unpaired) electrons. The van der Waals surface area contributed by atoms with Gasteiger partial charge in [0.15, 0.2) is 0 Å². The lowest BCUT2D eigenvalue weighted by atomic mass is 10.1. The average molecular weight is 332 g/mol. The zero-order valence-electron chi connectivity index (χ0n) is 13.5. The van der Waals surface area contributed by atoms with Crippen molar-refractivity contribution in [1.29, 1.82) is 0 Å². The van der Waals surface area contributed by atoms with E-state index in [-0.39, 0.29) is 36.5 Å². The Kier molecular flexibility index (Phi) is 4.78. The molecule has 3 aliphatic rings. The highest BCUT2D eigenvalue weighted by atomic mass is 16.7. The Balaban J connectivity index is 1.41. The molecule has 2 heterocycles. The first-order valence-electron chi connectivity index (χ1n) is 8.34. The van der Waals surface area contributed by atoms with E-state index < -0.39 is 0 Å². The summed E-state index contributed by atoms with van der Waals surface area (Å²) in [6.07, 6.45) is 7.95. The van der Waals surface area contributed by atoms with Crippen LogP contribution >= 0.6 is 0 Å². The number of hydrogen-bond donors (Lipinski definition) is 0. The van der Waals surface area contributed by atoms with E-state index in [0.29, 0.717) is 13.0 Å². The highest BCUT2D eigenvalue weighted by Gasteiger charge is 2.33. The number of allylic oxidation sites excluding steroid dienone is 2. The number of rotatable bonds is 8. The molecule has 0 unspecified atom stereocenters. The van der Waals surface area contributed by atoms with Crippen molar-refractivity contribution in [3.8, 4) is 0 Å². The second kappa shape index (κ2) is 6.98. The van der Waals surface area contributed by atoms with Crippen LogP contribution in [0.15, 0.2) is 23.5 Å². The molecule has 0 spiro atoms. The normalized spacial score (nSPS) is 19.8. The standard InChI is InChI=1S/C17H20N2O5/c20-14-7-8-15(21)18(14)11-3-1-2-4-13(12-5-6-12)24-19-16(22)9-10-17(19)23/h7-8H,1-6,9-11H2. The fraction of sp³-hybridized carbons (Fsp3) is 0.529. The highest BCUT2D eigenvalue weighted by molar-refractivity contribution is 6.12. The predicted octanol–water partition coefficient (Wildman–Crippen LogP) is 1.60. The van der Waals surface area contributed by atoms with Crippen molar-refractivity contribution < 1.29 is 24.0 Å². The first-order valence-corrected chi connectivity index (χ1v) is 8.34. The second-order valence-corrected chi connectivity index (χ2v) is 6.17. The third-order valence-corrected chi connectivity index (χ3v) is 4.29. The van der Waals surface area contributed by atoms with Gasteiger partial charge in [0.1, 0.15) is 5.76 Å². The van der Waals surface area contributed by atoms with Crippen LogP contribution in [0.5, 0.6) is 0 Å². The quantitative estimate of drug-likeness (QED) is 0.383. The lowest BCUT2D eigenvalue weighted by Crippen LogP contribution is -2.30. The van der Waals surface area contributed by atoms with Gasteiger partial charge in [0.05, 0.1) is 0 Å². The van der Waals surface area contributed by atoms with E-state index in [2.05, 4.69) is 0 Å². The zero-order chi connectivity index (χ0) is 17.1. The molecular weight excluding hydrogens is 312 g/mol. The van der Waals surface area contributed by atoms with Gasteiger partial charge in [0, 0.05) is 38.0 Å². The van der Waals surface area contributed by atoms with Gasteiger partial charge in [-0.05, 0) is 31.3 Å².